The summed E-state index contributed by atoms with van der Waals surface area (Å²) < 4.78 is 10.2. The van der Waals surface area contributed by atoms with Gasteiger partial charge in [0, 0.05) is 6.42 Å². The van der Waals surface area contributed by atoms with Gasteiger partial charge in [-0.1, -0.05) is 13.0 Å². The number of carboxylic acids is 1. The van der Waals surface area contributed by atoms with Gasteiger partial charge in [0.05, 0.1) is 12.8 Å². The van der Waals surface area contributed by atoms with Crippen LogP contribution in [0, 0.1) is 0 Å². The van der Waals surface area contributed by atoms with Gasteiger partial charge in [0.1, 0.15) is 24.4 Å². The maximum atomic E-state index is 11.7. The van der Waals surface area contributed by atoms with Crippen LogP contribution < -0.4 is 0 Å². The molecule has 4 atom stereocenters. The van der Waals surface area contributed by atoms with Gasteiger partial charge >= 0.3 is 17.9 Å². The summed E-state index contributed by atoms with van der Waals surface area (Å²) >= 11 is 0. The molecule has 0 aromatic rings. The van der Waals surface area contributed by atoms with Crippen molar-refractivity contribution in [3.8, 4) is 0 Å². The number of carbonyl (C=O) groups is 3. The number of carbonyl (C=O) groups excluding carboxylic acids is 2. The molecule has 130 valence electrons. The van der Waals surface area contributed by atoms with E-state index in [-0.39, 0.29) is 25.7 Å². The Morgan fingerprint density at radius 3 is 2.61 bits per heavy atom. The first-order valence-electron chi connectivity index (χ1n) is 7.48. The van der Waals surface area contributed by atoms with E-state index in [1.807, 2.05) is 0 Å². The molecule has 0 saturated heterocycles. The van der Waals surface area contributed by atoms with Gasteiger partial charge in [0.15, 0.2) is 0 Å². The first-order valence-corrected chi connectivity index (χ1v) is 7.48. The van der Waals surface area contributed by atoms with Gasteiger partial charge in [-0.2, -0.15) is 0 Å². The Bertz CT molecular complexity index is 458. The van der Waals surface area contributed by atoms with Crippen LogP contribution in [-0.2, 0) is 23.9 Å². The SMILES string of the molecule is CC[C@@H]1OC(=O)CC[C@@H](OC(=O)CCC(=O)O)/C=C/[C@@H](O)[C@H]1O. The largest absolute Gasteiger partial charge is 0.481 e. The molecule has 23 heavy (non-hydrogen) atoms. The molecule has 0 spiro atoms. The lowest BCUT2D eigenvalue weighted by Crippen LogP contribution is -2.39. The molecule has 0 saturated carbocycles. The molecule has 0 radical (unpaired) electrons. The van der Waals surface area contributed by atoms with Gasteiger partial charge in [-0.05, 0) is 18.9 Å². The van der Waals surface area contributed by atoms with E-state index >= 15 is 0 Å². The fourth-order valence-electron chi connectivity index (χ4n) is 2.09. The molecule has 8 heteroatoms. The number of rotatable bonds is 5. The van der Waals surface area contributed by atoms with Crippen LogP contribution >= 0.6 is 0 Å². The van der Waals surface area contributed by atoms with Crippen molar-refractivity contribution in [2.75, 3.05) is 0 Å². The summed E-state index contributed by atoms with van der Waals surface area (Å²) in [6.45, 7) is 1.72. The maximum Gasteiger partial charge on any atom is 0.306 e. The topological polar surface area (TPSA) is 130 Å². The number of esters is 2. The molecule has 0 aliphatic carbocycles. The van der Waals surface area contributed by atoms with Gasteiger partial charge in [0.25, 0.3) is 0 Å². The Kier molecular flexibility index (Phi) is 7.70. The van der Waals surface area contributed by atoms with Crippen LogP contribution in [0.15, 0.2) is 12.2 Å². The predicted octanol–water partition coefficient (Wildman–Crippen LogP) is 0.157. The Labute approximate surface area is 133 Å². The monoisotopic (exact) mass is 330 g/mol. The van der Waals surface area contributed by atoms with Crippen LogP contribution in [-0.4, -0.2) is 57.6 Å². The number of carboxylic acid groups (broad SMARTS) is 1. The quantitative estimate of drug-likeness (QED) is 0.480. The van der Waals surface area contributed by atoms with Crippen molar-refractivity contribution < 1.29 is 39.2 Å². The van der Waals surface area contributed by atoms with Crippen molar-refractivity contribution in [3.63, 3.8) is 0 Å². The van der Waals surface area contributed by atoms with Gasteiger partial charge in [-0.15, -0.1) is 0 Å². The minimum absolute atomic E-state index is 0.0272. The predicted molar refractivity (Wildman–Crippen MR) is 77.3 cm³/mol. The third kappa shape index (κ3) is 6.79. The molecule has 1 aliphatic heterocycles. The molecular formula is C15H22O8. The lowest BCUT2D eigenvalue weighted by atomic mass is 10.0. The molecule has 1 aliphatic rings. The summed E-state index contributed by atoms with van der Waals surface area (Å²) in [6.07, 6.45) is -1.66. The second-order valence-electron chi connectivity index (χ2n) is 5.26. The number of aliphatic carboxylic acids is 1. The first-order chi connectivity index (χ1) is 10.8. The number of cyclic esters (lactones) is 1. The van der Waals surface area contributed by atoms with Crippen LogP contribution in [0.5, 0.6) is 0 Å². The third-order valence-corrected chi connectivity index (χ3v) is 3.40. The maximum absolute atomic E-state index is 11.7. The van der Waals surface area contributed by atoms with Gasteiger partial charge in [0.2, 0.25) is 0 Å². The fraction of sp³-hybridized carbons (Fsp3) is 0.667. The van der Waals surface area contributed by atoms with E-state index in [1.165, 1.54) is 12.2 Å². The summed E-state index contributed by atoms with van der Waals surface area (Å²) in [5, 5.41) is 28.3. The van der Waals surface area contributed by atoms with Crippen molar-refractivity contribution in [1.82, 2.24) is 0 Å². The molecule has 8 nitrogen and oxygen atoms in total. The van der Waals surface area contributed by atoms with Crippen LogP contribution in [0.25, 0.3) is 0 Å². The lowest BCUT2D eigenvalue weighted by molar-refractivity contribution is -0.161. The molecule has 1 rings (SSSR count). The van der Waals surface area contributed by atoms with E-state index in [4.69, 9.17) is 14.6 Å². The van der Waals surface area contributed by atoms with E-state index in [9.17, 15) is 24.6 Å². The van der Waals surface area contributed by atoms with Crippen molar-refractivity contribution in [2.24, 2.45) is 0 Å². The number of aliphatic hydroxyl groups is 2. The molecule has 0 unspecified atom stereocenters. The van der Waals surface area contributed by atoms with Crippen LogP contribution in [0.4, 0.5) is 0 Å². The lowest BCUT2D eigenvalue weighted by Gasteiger charge is -2.26. The molecule has 3 N–H and O–H groups in total. The van der Waals surface area contributed by atoms with Crippen LogP contribution in [0.3, 0.4) is 0 Å². The summed E-state index contributed by atoms with van der Waals surface area (Å²) in [4.78, 5) is 33.7. The number of hydrogen-bond donors (Lipinski definition) is 3. The average Bonchev–Trinajstić information content (AvgIpc) is 2.51. The summed E-state index contributed by atoms with van der Waals surface area (Å²) in [7, 11) is 0. The Hall–Kier alpha value is -1.93. The zero-order chi connectivity index (χ0) is 17.4. The summed E-state index contributed by atoms with van der Waals surface area (Å²) in [5.41, 5.74) is 0. The minimum Gasteiger partial charge on any atom is -0.481 e. The van der Waals surface area contributed by atoms with E-state index in [1.54, 1.807) is 6.92 Å². The van der Waals surface area contributed by atoms with Crippen molar-refractivity contribution in [2.45, 2.75) is 63.4 Å². The molecule has 0 fully saturated rings. The molecule has 0 aromatic carbocycles. The zero-order valence-corrected chi connectivity index (χ0v) is 12.9. The Balaban J connectivity index is 2.72. The van der Waals surface area contributed by atoms with E-state index in [2.05, 4.69) is 0 Å². The summed E-state index contributed by atoms with van der Waals surface area (Å²) in [6, 6.07) is 0. The number of aliphatic hydroxyl groups excluding tert-OH is 2. The first kappa shape index (κ1) is 19.1. The average molecular weight is 330 g/mol. The second-order valence-corrected chi connectivity index (χ2v) is 5.26. The highest BCUT2D eigenvalue weighted by atomic mass is 16.6. The highest BCUT2D eigenvalue weighted by molar-refractivity contribution is 5.76. The molecule has 1 heterocycles. The molecular weight excluding hydrogens is 308 g/mol. The third-order valence-electron chi connectivity index (χ3n) is 3.40. The normalized spacial score (nSPS) is 30.1. The molecule has 0 bridgehead atoms. The van der Waals surface area contributed by atoms with E-state index in [0.717, 1.165) is 0 Å². The zero-order valence-electron chi connectivity index (χ0n) is 12.9. The van der Waals surface area contributed by atoms with Gasteiger partial charge in [-0.3, -0.25) is 14.4 Å². The number of hydrogen-bond acceptors (Lipinski definition) is 7. The number of ether oxygens (including phenoxy) is 2. The van der Waals surface area contributed by atoms with Crippen molar-refractivity contribution in [3.05, 3.63) is 12.2 Å². The fourth-order valence-corrected chi connectivity index (χ4v) is 2.09. The Morgan fingerprint density at radius 2 is 2.00 bits per heavy atom. The van der Waals surface area contributed by atoms with Crippen LogP contribution in [0.1, 0.15) is 39.0 Å². The highest BCUT2D eigenvalue weighted by Gasteiger charge is 2.28. The summed E-state index contributed by atoms with van der Waals surface area (Å²) in [5.74, 6) is -2.39. The minimum atomic E-state index is -1.28. The standard InChI is InChI=1S/C15H22O8/c1-2-11-15(21)10(16)5-3-9(4-7-14(20)23-11)22-13(19)8-6-12(17)18/h3,5,9-11,15-16,21H,2,4,6-8H2,1H3,(H,17,18)/b5-3+/t9-,10+,11-,15+/m0/s1. The van der Waals surface area contributed by atoms with Gasteiger partial charge in [-0.25, -0.2) is 0 Å². The van der Waals surface area contributed by atoms with E-state index < -0.39 is 42.3 Å². The second kappa shape index (κ2) is 9.26. The Morgan fingerprint density at radius 1 is 1.30 bits per heavy atom. The molecule has 0 amide bonds. The van der Waals surface area contributed by atoms with E-state index in [0.29, 0.717) is 6.42 Å². The van der Waals surface area contributed by atoms with Gasteiger partial charge < -0.3 is 24.8 Å². The van der Waals surface area contributed by atoms with Crippen LogP contribution in [0.2, 0.25) is 0 Å². The van der Waals surface area contributed by atoms with Crippen molar-refractivity contribution in [1.29, 1.82) is 0 Å². The van der Waals surface area contributed by atoms with Crippen molar-refractivity contribution >= 4 is 17.9 Å². The molecule has 0 aromatic heterocycles. The highest BCUT2D eigenvalue weighted by Crippen LogP contribution is 2.16. The smallest absolute Gasteiger partial charge is 0.306 e.